The Kier molecular flexibility index (Phi) is 4.49. The highest BCUT2D eigenvalue weighted by atomic mass is 16.2. The molecule has 0 bridgehead atoms. The zero-order valence-corrected chi connectivity index (χ0v) is 14.9. The first kappa shape index (κ1) is 16.8. The molecule has 2 aromatic carbocycles. The summed E-state index contributed by atoms with van der Waals surface area (Å²) >= 11 is 0. The Morgan fingerprint density at radius 3 is 2.08 bits per heavy atom. The van der Waals surface area contributed by atoms with Crippen molar-refractivity contribution in [3.8, 4) is 0 Å². The van der Waals surface area contributed by atoms with E-state index in [2.05, 4.69) is 5.32 Å². The molecule has 2 aromatic rings. The number of carbonyl (C=O) groups excluding carboxylic acids is 2. The minimum Gasteiger partial charge on any atom is -0.342 e. The second-order valence-corrected chi connectivity index (χ2v) is 7.36. The minimum absolute atomic E-state index is 0.0199. The summed E-state index contributed by atoms with van der Waals surface area (Å²) in [5.74, 6) is 0.0608. The van der Waals surface area contributed by atoms with Gasteiger partial charge in [0.2, 0.25) is 11.8 Å². The van der Waals surface area contributed by atoms with Gasteiger partial charge in [0.25, 0.3) is 0 Å². The molecule has 1 spiro atoms. The lowest BCUT2D eigenvalue weighted by atomic mass is 9.87. The summed E-state index contributed by atoms with van der Waals surface area (Å²) in [5, 5.41) is 3.03. The van der Waals surface area contributed by atoms with Gasteiger partial charge in [-0.15, -0.1) is 0 Å². The predicted octanol–water partition coefficient (Wildman–Crippen LogP) is 3.07. The zero-order valence-electron chi connectivity index (χ0n) is 14.9. The standard InChI is InChI=1S/C22H24N2O2/c25-20-19(15-17-9-3-1-4-10-17)23-21(26)22(13-7-8-14-22)24(20)16-18-11-5-2-6-12-18/h1-6,9-12,19H,7-8,13-16H2,(H,23,26). The molecule has 1 heterocycles. The number of piperazine rings is 1. The highest BCUT2D eigenvalue weighted by Gasteiger charge is 2.53. The highest BCUT2D eigenvalue weighted by molar-refractivity contribution is 6.00. The zero-order chi connectivity index (χ0) is 18.0. The van der Waals surface area contributed by atoms with E-state index in [1.54, 1.807) is 0 Å². The fourth-order valence-corrected chi connectivity index (χ4v) is 4.32. The van der Waals surface area contributed by atoms with Crippen LogP contribution in [0.3, 0.4) is 0 Å². The fourth-order valence-electron chi connectivity index (χ4n) is 4.32. The normalized spacial score (nSPS) is 21.8. The van der Waals surface area contributed by atoms with E-state index >= 15 is 0 Å². The predicted molar refractivity (Wildman–Crippen MR) is 100 cm³/mol. The van der Waals surface area contributed by atoms with E-state index in [1.165, 1.54) is 0 Å². The first-order valence-electron chi connectivity index (χ1n) is 9.39. The van der Waals surface area contributed by atoms with Gasteiger partial charge < -0.3 is 10.2 Å². The van der Waals surface area contributed by atoms with Crippen LogP contribution in [-0.4, -0.2) is 28.3 Å². The molecule has 4 heteroatoms. The number of carbonyl (C=O) groups is 2. The average Bonchev–Trinajstić information content (AvgIpc) is 3.16. The van der Waals surface area contributed by atoms with E-state index in [0.717, 1.165) is 36.8 Å². The number of hydrogen-bond donors (Lipinski definition) is 1. The first-order chi connectivity index (χ1) is 12.7. The molecule has 4 nitrogen and oxygen atoms in total. The van der Waals surface area contributed by atoms with Crippen LogP contribution in [-0.2, 0) is 22.6 Å². The number of benzene rings is 2. The van der Waals surface area contributed by atoms with Gasteiger partial charge in [-0.2, -0.15) is 0 Å². The van der Waals surface area contributed by atoms with Gasteiger partial charge in [0.1, 0.15) is 11.6 Å². The Morgan fingerprint density at radius 1 is 0.885 bits per heavy atom. The van der Waals surface area contributed by atoms with Gasteiger partial charge in [-0.1, -0.05) is 73.5 Å². The van der Waals surface area contributed by atoms with Crippen molar-refractivity contribution in [1.29, 1.82) is 0 Å². The first-order valence-corrected chi connectivity index (χ1v) is 9.39. The Bertz CT molecular complexity index is 782. The van der Waals surface area contributed by atoms with Crippen LogP contribution in [0, 0.1) is 0 Å². The van der Waals surface area contributed by atoms with Gasteiger partial charge in [-0.05, 0) is 24.0 Å². The molecule has 4 rings (SSSR count). The van der Waals surface area contributed by atoms with Gasteiger partial charge in [0, 0.05) is 13.0 Å². The fraction of sp³-hybridized carbons (Fsp3) is 0.364. The van der Waals surface area contributed by atoms with Crippen LogP contribution in [0.15, 0.2) is 60.7 Å². The molecule has 1 unspecified atom stereocenters. The molecule has 1 aliphatic heterocycles. The van der Waals surface area contributed by atoms with Crippen LogP contribution >= 0.6 is 0 Å². The average molecular weight is 348 g/mol. The van der Waals surface area contributed by atoms with Crippen LogP contribution in [0.5, 0.6) is 0 Å². The monoisotopic (exact) mass is 348 g/mol. The lowest BCUT2D eigenvalue weighted by Gasteiger charge is -2.46. The maximum atomic E-state index is 13.4. The van der Waals surface area contributed by atoms with Crippen molar-refractivity contribution < 1.29 is 9.59 Å². The smallest absolute Gasteiger partial charge is 0.246 e. The minimum atomic E-state index is -0.667. The second kappa shape index (κ2) is 6.94. The van der Waals surface area contributed by atoms with Gasteiger partial charge in [0.15, 0.2) is 0 Å². The molecule has 1 saturated heterocycles. The molecular formula is C22H24N2O2. The molecule has 0 aromatic heterocycles. The third-order valence-corrected chi connectivity index (χ3v) is 5.71. The van der Waals surface area contributed by atoms with Gasteiger partial charge in [0.05, 0.1) is 0 Å². The van der Waals surface area contributed by atoms with E-state index in [1.807, 2.05) is 65.6 Å². The molecule has 134 valence electrons. The Balaban J connectivity index is 1.63. The Morgan fingerprint density at radius 2 is 1.46 bits per heavy atom. The summed E-state index contributed by atoms with van der Waals surface area (Å²) in [6.45, 7) is 0.498. The molecule has 26 heavy (non-hydrogen) atoms. The van der Waals surface area contributed by atoms with Crippen LogP contribution in [0.1, 0.15) is 36.8 Å². The van der Waals surface area contributed by atoms with Crippen molar-refractivity contribution in [2.45, 2.75) is 50.2 Å². The van der Waals surface area contributed by atoms with Crippen LogP contribution in [0.4, 0.5) is 0 Å². The third-order valence-electron chi connectivity index (χ3n) is 5.71. The summed E-state index contributed by atoms with van der Waals surface area (Å²) in [6.07, 6.45) is 4.04. The molecule has 1 aliphatic carbocycles. The van der Waals surface area contributed by atoms with Crippen molar-refractivity contribution >= 4 is 11.8 Å². The van der Waals surface area contributed by atoms with Gasteiger partial charge in [-0.25, -0.2) is 0 Å². The van der Waals surface area contributed by atoms with E-state index in [-0.39, 0.29) is 11.8 Å². The maximum absolute atomic E-state index is 13.4. The van der Waals surface area contributed by atoms with Crippen molar-refractivity contribution in [1.82, 2.24) is 10.2 Å². The van der Waals surface area contributed by atoms with E-state index in [9.17, 15) is 9.59 Å². The van der Waals surface area contributed by atoms with E-state index < -0.39 is 11.6 Å². The van der Waals surface area contributed by atoms with Crippen molar-refractivity contribution in [2.24, 2.45) is 0 Å². The molecule has 2 fully saturated rings. The molecule has 1 saturated carbocycles. The molecule has 1 N–H and O–H groups in total. The van der Waals surface area contributed by atoms with Crippen molar-refractivity contribution in [2.75, 3.05) is 0 Å². The van der Waals surface area contributed by atoms with Crippen LogP contribution in [0.2, 0.25) is 0 Å². The summed E-state index contributed by atoms with van der Waals surface area (Å²) in [6, 6.07) is 19.4. The van der Waals surface area contributed by atoms with E-state index in [0.29, 0.717) is 13.0 Å². The molecule has 0 radical (unpaired) electrons. The molecular weight excluding hydrogens is 324 g/mol. The van der Waals surface area contributed by atoms with Gasteiger partial charge in [-0.3, -0.25) is 9.59 Å². The largest absolute Gasteiger partial charge is 0.342 e. The Labute approximate surface area is 154 Å². The summed E-state index contributed by atoms with van der Waals surface area (Å²) < 4.78 is 0. The van der Waals surface area contributed by atoms with Crippen LogP contribution < -0.4 is 5.32 Å². The number of nitrogens with zero attached hydrogens (tertiary/aromatic N) is 1. The number of hydrogen-bond acceptors (Lipinski definition) is 2. The SMILES string of the molecule is O=C1C(Cc2ccccc2)NC(=O)C2(CCCC2)N1Cc1ccccc1. The second-order valence-electron chi connectivity index (χ2n) is 7.36. The third kappa shape index (κ3) is 3.00. The summed E-state index contributed by atoms with van der Waals surface area (Å²) in [4.78, 5) is 28.3. The quantitative estimate of drug-likeness (QED) is 0.923. The molecule has 2 amide bonds. The number of amides is 2. The number of nitrogens with one attached hydrogen (secondary N) is 1. The van der Waals surface area contributed by atoms with Crippen molar-refractivity contribution in [3.63, 3.8) is 0 Å². The Hall–Kier alpha value is -2.62. The maximum Gasteiger partial charge on any atom is 0.246 e. The summed E-state index contributed by atoms with van der Waals surface area (Å²) in [5.41, 5.74) is 1.47. The van der Waals surface area contributed by atoms with Crippen molar-refractivity contribution in [3.05, 3.63) is 71.8 Å². The van der Waals surface area contributed by atoms with Gasteiger partial charge >= 0.3 is 0 Å². The topological polar surface area (TPSA) is 49.4 Å². The molecule has 1 atom stereocenters. The lowest BCUT2D eigenvalue weighted by Crippen LogP contribution is -2.69. The highest BCUT2D eigenvalue weighted by Crippen LogP contribution is 2.39. The summed E-state index contributed by atoms with van der Waals surface area (Å²) in [7, 11) is 0. The van der Waals surface area contributed by atoms with E-state index in [4.69, 9.17) is 0 Å². The number of rotatable bonds is 4. The lowest BCUT2D eigenvalue weighted by molar-refractivity contribution is -0.158. The van der Waals surface area contributed by atoms with Crippen LogP contribution in [0.25, 0.3) is 0 Å². The molecule has 2 aliphatic rings.